The van der Waals surface area contributed by atoms with Crippen LogP contribution in [0.3, 0.4) is 0 Å². The molecule has 0 saturated heterocycles. The van der Waals surface area contributed by atoms with E-state index in [0.29, 0.717) is 17.1 Å². The molecule has 1 unspecified atom stereocenters. The van der Waals surface area contributed by atoms with E-state index in [1.165, 1.54) is 28.1 Å². The molecule has 1 atom stereocenters. The van der Waals surface area contributed by atoms with Gasteiger partial charge in [-0.1, -0.05) is 0 Å². The Balaban J connectivity index is 3.26. The van der Waals surface area contributed by atoms with Crippen LogP contribution in [0.15, 0.2) is 18.2 Å². The van der Waals surface area contributed by atoms with E-state index in [2.05, 4.69) is 0 Å². The molecule has 0 aliphatic heterocycles. The first-order valence-corrected chi connectivity index (χ1v) is 5.48. The predicted octanol–water partition coefficient (Wildman–Crippen LogP) is 1.85. The molecule has 5 heteroatoms. The Hall–Kier alpha value is -1.75. The van der Waals surface area contributed by atoms with Crippen LogP contribution < -0.4 is 9.47 Å². The van der Waals surface area contributed by atoms with Gasteiger partial charge in [0.25, 0.3) is 0 Å². The fraction of sp³-hybridized carbons (Fsp3) is 0.462. The summed E-state index contributed by atoms with van der Waals surface area (Å²) in [6.07, 6.45) is -1.19. The van der Waals surface area contributed by atoms with Crippen molar-refractivity contribution in [2.24, 2.45) is 5.41 Å². The highest BCUT2D eigenvalue weighted by atomic mass is 16.5. The Morgan fingerprint density at radius 1 is 1.28 bits per heavy atom. The van der Waals surface area contributed by atoms with Crippen LogP contribution in [-0.4, -0.2) is 30.4 Å². The topological polar surface area (TPSA) is 76.0 Å². The molecule has 0 radical (unpaired) electrons. The van der Waals surface area contributed by atoms with Gasteiger partial charge in [-0.25, -0.2) is 0 Å². The zero-order valence-electron chi connectivity index (χ0n) is 10.9. The molecule has 0 aromatic heterocycles. The number of hydrogen-bond acceptors (Lipinski definition) is 4. The number of carbonyl (C=O) groups is 1. The number of rotatable bonds is 5. The SMILES string of the molecule is COc1ccc(OC)c(C(O)C(C)(C)C(=O)O)c1. The summed E-state index contributed by atoms with van der Waals surface area (Å²) in [6, 6.07) is 4.90. The predicted molar refractivity (Wildman–Crippen MR) is 65.9 cm³/mol. The molecule has 0 fully saturated rings. The summed E-state index contributed by atoms with van der Waals surface area (Å²) >= 11 is 0. The normalized spacial score (nSPS) is 12.9. The lowest BCUT2D eigenvalue weighted by Crippen LogP contribution is -2.31. The standard InChI is InChI=1S/C13H18O5/c1-13(2,12(15)16)11(14)9-7-8(17-3)5-6-10(9)18-4/h5-7,11,14H,1-4H3,(H,15,16). The highest BCUT2D eigenvalue weighted by molar-refractivity contribution is 5.75. The fourth-order valence-electron chi connectivity index (χ4n) is 1.56. The second kappa shape index (κ2) is 5.27. The van der Waals surface area contributed by atoms with Crippen LogP contribution in [0.2, 0.25) is 0 Å². The fourth-order valence-corrected chi connectivity index (χ4v) is 1.56. The van der Waals surface area contributed by atoms with Gasteiger partial charge in [-0.15, -0.1) is 0 Å². The molecule has 1 aromatic carbocycles. The van der Waals surface area contributed by atoms with E-state index < -0.39 is 17.5 Å². The van der Waals surface area contributed by atoms with E-state index >= 15 is 0 Å². The molecule has 1 aromatic rings. The largest absolute Gasteiger partial charge is 0.497 e. The number of aliphatic carboxylic acids is 1. The van der Waals surface area contributed by atoms with Crippen molar-refractivity contribution < 1.29 is 24.5 Å². The molecule has 0 bridgehead atoms. The highest BCUT2D eigenvalue weighted by Crippen LogP contribution is 2.39. The molecule has 0 saturated carbocycles. The van der Waals surface area contributed by atoms with Gasteiger partial charge in [-0.05, 0) is 32.0 Å². The van der Waals surface area contributed by atoms with Gasteiger partial charge >= 0.3 is 5.97 Å². The Bertz CT molecular complexity index is 439. The second-order valence-corrected chi connectivity index (χ2v) is 4.54. The van der Waals surface area contributed by atoms with E-state index in [0.717, 1.165) is 0 Å². The van der Waals surface area contributed by atoms with E-state index in [1.54, 1.807) is 18.2 Å². The number of ether oxygens (including phenoxy) is 2. The van der Waals surface area contributed by atoms with E-state index in [-0.39, 0.29) is 0 Å². The first-order chi connectivity index (χ1) is 8.34. The summed E-state index contributed by atoms with van der Waals surface area (Å²) in [5.74, 6) is -0.122. The summed E-state index contributed by atoms with van der Waals surface area (Å²) in [4.78, 5) is 11.2. The van der Waals surface area contributed by atoms with Crippen molar-refractivity contribution in [2.75, 3.05) is 14.2 Å². The van der Waals surface area contributed by atoms with Crippen molar-refractivity contribution in [1.82, 2.24) is 0 Å². The van der Waals surface area contributed by atoms with E-state index in [4.69, 9.17) is 14.6 Å². The Morgan fingerprint density at radius 2 is 1.89 bits per heavy atom. The average Bonchev–Trinajstić information content (AvgIpc) is 2.36. The number of benzene rings is 1. The molecule has 100 valence electrons. The summed E-state index contributed by atoms with van der Waals surface area (Å²) in [5, 5.41) is 19.4. The maximum absolute atomic E-state index is 11.2. The molecule has 5 nitrogen and oxygen atoms in total. The number of methoxy groups -OCH3 is 2. The number of carboxylic acid groups (broad SMARTS) is 1. The molecule has 1 rings (SSSR count). The summed E-state index contributed by atoms with van der Waals surface area (Å²) in [7, 11) is 2.96. The quantitative estimate of drug-likeness (QED) is 0.838. The molecule has 0 aliphatic carbocycles. The van der Waals surface area contributed by atoms with Crippen LogP contribution in [0.25, 0.3) is 0 Å². The first-order valence-electron chi connectivity index (χ1n) is 5.48. The van der Waals surface area contributed by atoms with Crippen molar-refractivity contribution >= 4 is 5.97 Å². The van der Waals surface area contributed by atoms with Gasteiger partial charge in [-0.3, -0.25) is 4.79 Å². The Morgan fingerprint density at radius 3 is 2.33 bits per heavy atom. The number of aliphatic hydroxyl groups excluding tert-OH is 1. The smallest absolute Gasteiger partial charge is 0.312 e. The third-order valence-electron chi connectivity index (χ3n) is 2.97. The summed E-state index contributed by atoms with van der Waals surface area (Å²) < 4.78 is 10.2. The van der Waals surface area contributed by atoms with E-state index in [9.17, 15) is 9.90 Å². The number of carboxylic acids is 1. The van der Waals surface area contributed by atoms with Crippen molar-refractivity contribution in [1.29, 1.82) is 0 Å². The van der Waals surface area contributed by atoms with Crippen LogP contribution in [0, 0.1) is 5.41 Å². The monoisotopic (exact) mass is 254 g/mol. The van der Waals surface area contributed by atoms with Gasteiger partial charge in [0.2, 0.25) is 0 Å². The molecule has 0 amide bonds. The van der Waals surface area contributed by atoms with Crippen LogP contribution in [0.1, 0.15) is 25.5 Å². The summed E-state index contributed by atoms with van der Waals surface area (Å²) in [6.45, 7) is 2.91. The highest BCUT2D eigenvalue weighted by Gasteiger charge is 2.38. The zero-order valence-corrected chi connectivity index (χ0v) is 10.9. The van der Waals surface area contributed by atoms with Crippen LogP contribution in [-0.2, 0) is 4.79 Å². The minimum Gasteiger partial charge on any atom is -0.497 e. The molecule has 0 heterocycles. The maximum Gasteiger partial charge on any atom is 0.312 e. The molecule has 18 heavy (non-hydrogen) atoms. The lowest BCUT2D eigenvalue weighted by molar-refractivity contribution is -0.153. The Labute approximate surface area is 106 Å². The molecule has 0 spiro atoms. The van der Waals surface area contributed by atoms with Crippen molar-refractivity contribution in [3.05, 3.63) is 23.8 Å². The molecule has 0 aliphatic rings. The van der Waals surface area contributed by atoms with Gasteiger partial charge in [0.05, 0.1) is 25.7 Å². The number of aliphatic hydroxyl groups is 1. The van der Waals surface area contributed by atoms with Crippen molar-refractivity contribution in [3.63, 3.8) is 0 Å². The molecular weight excluding hydrogens is 236 g/mol. The van der Waals surface area contributed by atoms with Crippen LogP contribution in [0.4, 0.5) is 0 Å². The van der Waals surface area contributed by atoms with Gasteiger partial charge in [0.1, 0.15) is 11.5 Å². The lowest BCUT2D eigenvalue weighted by Gasteiger charge is -2.27. The third kappa shape index (κ3) is 2.56. The average molecular weight is 254 g/mol. The van der Waals surface area contributed by atoms with Crippen molar-refractivity contribution in [2.45, 2.75) is 20.0 Å². The van der Waals surface area contributed by atoms with Crippen LogP contribution >= 0.6 is 0 Å². The van der Waals surface area contributed by atoms with Gasteiger partial charge in [0.15, 0.2) is 0 Å². The maximum atomic E-state index is 11.2. The molecule has 2 N–H and O–H groups in total. The summed E-state index contributed by atoms with van der Waals surface area (Å²) in [5.41, 5.74) is -0.927. The van der Waals surface area contributed by atoms with Crippen molar-refractivity contribution in [3.8, 4) is 11.5 Å². The minimum atomic E-state index is -1.32. The Kier molecular flexibility index (Phi) is 4.19. The van der Waals surface area contributed by atoms with E-state index in [1.807, 2.05) is 0 Å². The molecular formula is C13H18O5. The third-order valence-corrected chi connectivity index (χ3v) is 2.97. The number of hydrogen-bond donors (Lipinski definition) is 2. The zero-order chi connectivity index (χ0) is 13.9. The first kappa shape index (κ1) is 14.3. The van der Waals surface area contributed by atoms with Gasteiger partial charge in [0, 0.05) is 5.56 Å². The second-order valence-electron chi connectivity index (χ2n) is 4.54. The van der Waals surface area contributed by atoms with Gasteiger partial charge in [-0.2, -0.15) is 0 Å². The lowest BCUT2D eigenvalue weighted by atomic mass is 9.82. The van der Waals surface area contributed by atoms with Crippen LogP contribution in [0.5, 0.6) is 11.5 Å². The van der Waals surface area contributed by atoms with Gasteiger partial charge < -0.3 is 19.7 Å². The minimum absolute atomic E-state index is 0.393.